The molecule has 9 rings (SSSR count). The second-order valence-electron chi connectivity index (χ2n) is 17.2. The Morgan fingerprint density at radius 3 is 0.873 bits per heavy atom. The van der Waals surface area contributed by atoms with E-state index >= 15 is 0 Å². The van der Waals surface area contributed by atoms with Gasteiger partial charge in [0.1, 0.15) is 0 Å². The molecule has 8 aromatic rings. The van der Waals surface area contributed by atoms with Crippen LogP contribution in [0.2, 0.25) is 0 Å². The summed E-state index contributed by atoms with van der Waals surface area (Å²) in [5.41, 5.74) is 0. The summed E-state index contributed by atoms with van der Waals surface area (Å²) >= 11 is -0.959. The van der Waals surface area contributed by atoms with Gasteiger partial charge in [0.05, 0.1) is 0 Å². The van der Waals surface area contributed by atoms with Gasteiger partial charge in [-0.2, -0.15) is 0 Å². The van der Waals surface area contributed by atoms with Gasteiger partial charge >= 0.3 is 388 Å². The van der Waals surface area contributed by atoms with Crippen molar-refractivity contribution in [2.45, 2.75) is 119 Å². The van der Waals surface area contributed by atoms with Gasteiger partial charge in [0.15, 0.2) is 0 Å². The van der Waals surface area contributed by atoms with Crippen LogP contribution < -0.4 is 42.7 Å². The molecule has 0 bridgehead atoms. The topological polar surface area (TPSA) is 55.4 Å². The number of rotatable bonds is 26. The van der Waals surface area contributed by atoms with Gasteiger partial charge in [-0.25, -0.2) is 0 Å². The molecule has 0 N–H and O–H groups in total. The third-order valence-corrected chi connectivity index (χ3v) is 29.1. The van der Waals surface area contributed by atoms with Crippen LogP contribution in [0.5, 0.6) is 34.5 Å². The summed E-state index contributed by atoms with van der Waals surface area (Å²) in [4.78, 5) is 0. The van der Waals surface area contributed by atoms with E-state index in [1.165, 1.54) is 46.6 Å². The number of hydrogen-bond acceptors (Lipinski definition) is 8. The van der Waals surface area contributed by atoms with Gasteiger partial charge in [-0.05, 0) is 0 Å². The van der Waals surface area contributed by atoms with Gasteiger partial charge in [0.2, 0.25) is 0 Å². The first-order chi connectivity index (χ1) is 31.1. The van der Waals surface area contributed by atoms with Crippen molar-refractivity contribution in [3.05, 3.63) is 60.7 Å². The van der Waals surface area contributed by atoms with Crippen LogP contribution in [0.3, 0.4) is 0 Å². The molecule has 0 atom stereocenters. The molecule has 63 heavy (non-hydrogen) atoms. The molecular weight excluding hydrogens is 927 g/mol. The van der Waals surface area contributed by atoms with Crippen molar-refractivity contribution in [2.75, 3.05) is 39.6 Å². The molecule has 332 valence electrons. The van der Waals surface area contributed by atoms with Crippen molar-refractivity contribution in [3.8, 4) is 34.5 Å². The zero-order valence-corrected chi connectivity index (χ0v) is 42.8. The van der Waals surface area contributed by atoms with E-state index in [2.05, 4.69) is 102 Å². The fraction of sp³-hybridized carbons (Fsp3) is 0.444. The van der Waals surface area contributed by atoms with Crippen molar-refractivity contribution < 1.29 is 28.4 Å². The standard InChI is InChI=1S/C42H54O6S2.2C6H5.Sn/c1-7-13-19-43-29-25-27-28-26-30(44-20-14-8-2)36(46-22-16-10-4)40-32(28)34-33-31(27)39(35(29)45-21-15-9-3)49-41(33)37(47-23-17-11-5)38(42(34)50-40)48-24-18-12-6;2*1-2-4-6-5-3-1;/h7-24H2,1-6H3;2*1-5H;. The quantitative estimate of drug-likeness (QED) is 0.0306. The van der Waals surface area contributed by atoms with Crippen LogP contribution in [0.15, 0.2) is 60.7 Å². The van der Waals surface area contributed by atoms with E-state index in [4.69, 9.17) is 28.4 Å². The van der Waals surface area contributed by atoms with Crippen LogP contribution in [0, 0.1) is 0 Å². The molecule has 3 heterocycles. The molecule has 2 aromatic heterocycles. The van der Waals surface area contributed by atoms with Gasteiger partial charge in [-0.15, -0.1) is 0 Å². The summed E-state index contributed by atoms with van der Waals surface area (Å²) in [5.74, 6) is 5.37. The maximum absolute atomic E-state index is 7.39. The first kappa shape index (κ1) is 44.3. The fourth-order valence-electron chi connectivity index (χ4n) is 9.74. The Balaban J connectivity index is 1.57. The first-order valence-corrected chi connectivity index (χ1v) is 31.4. The van der Waals surface area contributed by atoms with Gasteiger partial charge in [-0.3, -0.25) is 0 Å². The van der Waals surface area contributed by atoms with E-state index in [9.17, 15) is 0 Å². The van der Waals surface area contributed by atoms with E-state index in [1.54, 1.807) is 0 Å². The Hall–Kier alpha value is -3.86. The summed E-state index contributed by atoms with van der Waals surface area (Å²) in [6.07, 6.45) is 12.0. The Labute approximate surface area is 385 Å². The predicted molar refractivity (Wildman–Crippen MR) is 272 cm³/mol. The molecule has 0 aliphatic carbocycles. The summed E-state index contributed by atoms with van der Waals surface area (Å²) in [6.45, 7) is 17.1. The number of benzene rings is 6. The zero-order chi connectivity index (χ0) is 43.5. The molecule has 0 unspecified atom stereocenters. The Morgan fingerprint density at radius 1 is 0.333 bits per heavy atom. The molecule has 9 heteroatoms. The zero-order valence-electron chi connectivity index (χ0n) is 38.3. The number of ether oxygens (including phenoxy) is 6. The molecule has 1 aliphatic rings. The monoisotopic (exact) mass is 992 g/mol. The third kappa shape index (κ3) is 7.33. The molecular formula is C54H64O6S2Sn. The van der Waals surface area contributed by atoms with E-state index in [0.29, 0.717) is 39.6 Å². The van der Waals surface area contributed by atoms with Crippen LogP contribution in [0.25, 0.3) is 51.1 Å². The minimum atomic E-state index is -4.59. The Kier molecular flexibility index (Phi) is 13.9. The molecule has 6 aromatic carbocycles. The average molecular weight is 992 g/mol. The van der Waals surface area contributed by atoms with Crippen molar-refractivity contribution in [2.24, 2.45) is 0 Å². The van der Waals surface area contributed by atoms with Crippen LogP contribution in [0.1, 0.15) is 119 Å². The van der Waals surface area contributed by atoms with E-state index in [0.717, 1.165) is 130 Å². The molecule has 0 fully saturated rings. The van der Waals surface area contributed by atoms with E-state index in [-0.39, 0.29) is 0 Å². The maximum atomic E-state index is 7.39. The van der Waals surface area contributed by atoms with Crippen LogP contribution in [-0.4, -0.2) is 58.0 Å². The van der Waals surface area contributed by atoms with Gasteiger partial charge in [0.25, 0.3) is 0 Å². The Morgan fingerprint density at radius 2 is 0.587 bits per heavy atom. The fourth-order valence-corrected chi connectivity index (χ4v) is 27.8. The Bertz CT molecular complexity index is 2590. The van der Waals surface area contributed by atoms with Crippen LogP contribution >= 0.6 is 22.7 Å². The average Bonchev–Trinajstić information content (AvgIpc) is 3.99. The molecule has 0 saturated heterocycles. The normalized spacial score (nSPS) is 13.2. The molecule has 0 amide bonds. The third-order valence-electron chi connectivity index (χ3n) is 12.8. The summed E-state index contributed by atoms with van der Waals surface area (Å²) < 4.78 is 53.3. The second kappa shape index (κ2) is 19.7. The molecule has 0 spiro atoms. The van der Waals surface area contributed by atoms with Gasteiger partial charge < -0.3 is 0 Å². The van der Waals surface area contributed by atoms with Crippen molar-refractivity contribution in [3.63, 3.8) is 0 Å². The summed E-state index contributed by atoms with van der Waals surface area (Å²) in [5, 5.41) is 7.73. The molecule has 1 aliphatic heterocycles. The van der Waals surface area contributed by atoms with E-state index < -0.39 is 18.4 Å². The van der Waals surface area contributed by atoms with Crippen LogP contribution in [0.4, 0.5) is 0 Å². The van der Waals surface area contributed by atoms with Gasteiger partial charge in [0, 0.05) is 0 Å². The van der Waals surface area contributed by atoms with Gasteiger partial charge in [-0.1, -0.05) is 0 Å². The number of thiophene rings is 2. The minimum absolute atomic E-state index is 0.612. The number of unbranched alkanes of at least 4 members (excludes halogenated alkanes) is 6. The number of hydrogen-bond donors (Lipinski definition) is 0. The first-order valence-electron chi connectivity index (χ1n) is 24.1. The predicted octanol–water partition coefficient (Wildman–Crippen LogP) is 13.2. The summed E-state index contributed by atoms with van der Waals surface area (Å²) in [7, 11) is 0. The molecule has 0 saturated carbocycles. The molecule has 0 radical (unpaired) electrons. The van der Waals surface area contributed by atoms with Crippen molar-refractivity contribution in [1.82, 2.24) is 0 Å². The summed E-state index contributed by atoms with van der Waals surface area (Å²) in [6, 6.07) is 22.8. The second-order valence-corrected chi connectivity index (χ2v) is 29.7. The van der Waals surface area contributed by atoms with Crippen molar-refractivity contribution >= 4 is 106 Å². The van der Waals surface area contributed by atoms with Crippen LogP contribution in [-0.2, 0) is 0 Å². The van der Waals surface area contributed by atoms with E-state index in [1.807, 2.05) is 22.7 Å². The van der Waals surface area contributed by atoms with Crippen molar-refractivity contribution in [1.29, 1.82) is 0 Å². The SMILES string of the molecule is CCCCOc1c(OCCCC)c2sc3c(OCCCC)c(OCCCC)c4sc5c(OCCCC)c(OCCCC)[c]6c7c([c]1[Sn]6([c]1ccccc1)[c]1ccccc1)c2c3c4c57. The molecule has 6 nitrogen and oxygen atoms in total.